The third kappa shape index (κ3) is 4.66. The molecule has 1 atom stereocenters. The molecular weight excluding hydrogens is 178 g/mol. The van der Waals surface area contributed by atoms with E-state index in [-0.39, 0.29) is 12.1 Å². The Morgan fingerprint density at radius 1 is 1.57 bits per heavy atom. The second kappa shape index (κ2) is 7.14. The van der Waals surface area contributed by atoms with Crippen molar-refractivity contribution in [1.29, 1.82) is 5.26 Å². The summed E-state index contributed by atoms with van der Waals surface area (Å²) < 4.78 is 5.14. The quantitative estimate of drug-likeness (QED) is 0.500. The van der Waals surface area contributed by atoms with Gasteiger partial charge in [0.1, 0.15) is 6.10 Å². The van der Waals surface area contributed by atoms with Crippen LogP contribution in [0.1, 0.15) is 40.0 Å². The Kier molecular flexibility index (Phi) is 6.47. The molecule has 1 unspecified atom stereocenters. The Bertz CT molecular complexity index is 251. The molecule has 0 rings (SSSR count). The summed E-state index contributed by atoms with van der Waals surface area (Å²) in [6.45, 7) is 5.37. The van der Waals surface area contributed by atoms with Crippen LogP contribution in [0.2, 0.25) is 0 Å². The van der Waals surface area contributed by atoms with Crippen molar-refractivity contribution in [2.24, 2.45) is 0 Å². The Morgan fingerprint density at radius 3 is 2.57 bits per heavy atom. The number of rotatable bonds is 5. The second-order valence-corrected chi connectivity index (χ2v) is 3.09. The van der Waals surface area contributed by atoms with Crippen molar-refractivity contribution in [3.05, 3.63) is 11.6 Å². The average Bonchev–Trinajstić information content (AvgIpc) is 2.13. The van der Waals surface area contributed by atoms with E-state index in [4.69, 9.17) is 10.00 Å². The molecule has 0 aromatic rings. The summed E-state index contributed by atoms with van der Waals surface area (Å²) in [5.41, 5.74) is 0.893. The zero-order chi connectivity index (χ0) is 11.0. The maximum Gasteiger partial charge on any atom is 0.303 e. The van der Waals surface area contributed by atoms with Crippen LogP contribution in [0.4, 0.5) is 0 Å². The SMILES string of the molecule is CCCC(OC(C)=O)/C(=C\C#N)CC. The summed E-state index contributed by atoms with van der Waals surface area (Å²) in [4.78, 5) is 10.8. The number of ether oxygens (including phenoxy) is 1. The minimum absolute atomic E-state index is 0.220. The highest BCUT2D eigenvalue weighted by molar-refractivity contribution is 5.66. The summed E-state index contributed by atoms with van der Waals surface area (Å²) in [7, 11) is 0. The van der Waals surface area contributed by atoms with E-state index in [0.717, 1.165) is 24.8 Å². The largest absolute Gasteiger partial charge is 0.458 e. The first-order valence-corrected chi connectivity index (χ1v) is 4.91. The topological polar surface area (TPSA) is 50.1 Å². The molecule has 0 saturated carbocycles. The lowest BCUT2D eigenvalue weighted by Crippen LogP contribution is -2.18. The Labute approximate surface area is 85.4 Å². The lowest BCUT2D eigenvalue weighted by atomic mass is 10.0. The van der Waals surface area contributed by atoms with Crippen LogP contribution in [0.5, 0.6) is 0 Å². The van der Waals surface area contributed by atoms with Gasteiger partial charge in [-0.05, 0) is 18.4 Å². The van der Waals surface area contributed by atoms with Crippen LogP contribution >= 0.6 is 0 Å². The number of nitriles is 1. The third-order valence-electron chi connectivity index (χ3n) is 1.93. The molecule has 0 aliphatic heterocycles. The molecule has 0 spiro atoms. The van der Waals surface area contributed by atoms with Crippen molar-refractivity contribution in [2.45, 2.75) is 46.1 Å². The van der Waals surface area contributed by atoms with E-state index in [0.29, 0.717) is 0 Å². The summed E-state index contributed by atoms with van der Waals surface area (Å²) in [6, 6.07) is 1.98. The normalized spacial score (nSPS) is 13.1. The van der Waals surface area contributed by atoms with Gasteiger partial charge in [-0.15, -0.1) is 0 Å². The van der Waals surface area contributed by atoms with E-state index in [1.807, 2.05) is 19.9 Å². The molecule has 3 nitrogen and oxygen atoms in total. The Balaban J connectivity index is 4.53. The van der Waals surface area contributed by atoms with E-state index in [1.165, 1.54) is 13.0 Å². The summed E-state index contributed by atoms with van der Waals surface area (Å²) >= 11 is 0. The second-order valence-electron chi connectivity index (χ2n) is 3.09. The van der Waals surface area contributed by atoms with Gasteiger partial charge < -0.3 is 4.74 Å². The number of hydrogen-bond acceptors (Lipinski definition) is 3. The van der Waals surface area contributed by atoms with Gasteiger partial charge in [-0.25, -0.2) is 0 Å². The summed E-state index contributed by atoms with van der Waals surface area (Å²) in [5, 5.41) is 8.55. The predicted molar refractivity (Wildman–Crippen MR) is 54.4 cm³/mol. The van der Waals surface area contributed by atoms with E-state index >= 15 is 0 Å². The van der Waals surface area contributed by atoms with Crippen LogP contribution < -0.4 is 0 Å². The number of carbonyl (C=O) groups excluding carboxylic acids is 1. The molecule has 0 aliphatic rings. The third-order valence-corrected chi connectivity index (χ3v) is 1.93. The summed E-state index contributed by atoms with van der Waals surface area (Å²) in [5.74, 6) is -0.291. The first kappa shape index (κ1) is 12.7. The first-order valence-electron chi connectivity index (χ1n) is 4.91. The molecule has 0 saturated heterocycles. The molecule has 0 bridgehead atoms. The van der Waals surface area contributed by atoms with Gasteiger partial charge in [0.15, 0.2) is 0 Å². The van der Waals surface area contributed by atoms with Crippen molar-refractivity contribution < 1.29 is 9.53 Å². The molecule has 0 amide bonds. The summed E-state index contributed by atoms with van der Waals surface area (Å²) in [6.07, 6.45) is 3.71. The molecule has 0 aliphatic carbocycles. The maximum atomic E-state index is 10.8. The lowest BCUT2D eigenvalue weighted by Gasteiger charge is -2.17. The minimum Gasteiger partial charge on any atom is -0.458 e. The van der Waals surface area contributed by atoms with Gasteiger partial charge in [0.2, 0.25) is 0 Å². The Morgan fingerprint density at radius 2 is 2.21 bits per heavy atom. The Hall–Kier alpha value is -1.30. The number of nitrogens with zero attached hydrogens (tertiary/aromatic N) is 1. The zero-order valence-corrected chi connectivity index (χ0v) is 9.04. The van der Waals surface area contributed by atoms with Crippen LogP contribution in [0.25, 0.3) is 0 Å². The van der Waals surface area contributed by atoms with Gasteiger partial charge in [-0.3, -0.25) is 4.79 Å². The highest BCUT2D eigenvalue weighted by atomic mass is 16.5. The molecule has 3 heteroatoms. The van der Waals surface area contributed by atoms with E-state index in [1.54, 1.807) is 0 Å². The fraction of sp³-hybridized carbons (Fsp3) is 0.636. The van der Waals surface area contributed by atoms with Crippen molar-refractivity contribution in [2.75, 3.05) is 0 Å². The maximum absolute atomic E-state index is 10.8. The predicted octanol–water partition coefficient (Wildman–Crippen LogP) is 2.58. The number of allylic oxidation sites excluding steroid dienone is 1. The fourth-order valence-electron chi connectivity index (χ4n) is 1.29. The first-order chi connectivity index (χ1) is 6.65. The highest BCUT2D eigenvalue weighted by Crippen LogP contribution is 2.16. The molecule has 0 aromatic heterocycles. The monoisotopic (exact) mass is 195 g/mol. The van der Waals surface area contributed by atoms with Crippen molar-refractivity contribution in [1.82, 2.24) is 0 Å². The molecule has 0 heterocycles. The number of esters is 1. The van der Waals surface area contributed by atoms with Crippen molar-refractivity contribution in [3.8, 4) is 6.07 Å². The standard InChI is InChI=1S/C11H17NO2/c1-4-6-11(14-9(3)13)10(5-2)7-8-12/h7,11H,4-6H2,1-3H3/b10-7-. The average molecular weight is 195 g/mol. The molecule has 0 N–H and O–H groups in total. The smallest absolute Gasteiger partial charge is 0.303 e. The van der Waals surface area contributed by atoms with Crippen LogP contribution in [-0.2, 0) is 9.53 Å². The van der Waals surface area contributed by atoms with Crippen LogP contribution in [0, 0.1) is 11.3 Å². The number of carbonyl (C=O) groups is 1. The van der Waals surface area contributed by atoms with E-state index in [9.17, 15) is 4.79 Å². The van der Waals surface area contributed by atoms with Crippen LogP contribution in [0.15, 0.2) is 11.6 Å². The minimum atomic E-state index is -0.291. The van der Waals surface area contributed by atoms with Crippen molar-refractivity contribution >= 4 is 5.97 Å². The molecule has 14 heavy (non-hydrogen) atoms. The lowest BCUT2D eigenvalue weighted by molar-refractivity contribution is -0.144. The van der Waals surface area contributed by atoms with Crippen LogP contribution in [0.3, 0.4) is 0 Å². The molecule has 0 radical (unpaired) electrons. The molecular formula is C11H17NO2. The van der Waals surface area contributed by atoms with Gasteiger partial charge in [0.25, 0.3) is 0 Å². The number of hydrogen-bond donors (Lipinski definition) is 0. The van der Waals surface area contributed by atoms with Gasteiger partial charge in [-0.1, -0.05) is 20.3 Å². The van der Waals surface area contributed by atoms with E-state index < -0.39 is 0 Å². The molecule has 78 valence electrons. The van der Waals surface area contributed by atoms with E-state index in [2.05, 4.69) is 0 Å². The molecule has 0 fully saturated rings. The van der Waals surface area contributed by atoms with Crippen LogP contribution in [-0.4, -0.2) is 12.1 Å². The van der Waals surface area contributed by atoms with Gasteiger partial charge >= 0.3 is 5.97 Å². The van der Waals surface area contributed by atoms with Crippen molar-refractivity contribution in [3.63, 3.8) is 0 Å². The van der Waals surface area contributed by atoms with Gasteiger partial charge in [-0.2, -0.15) is 5.26 Å². The molecule has 0 aromatic carbocycles. The van der Waals surface area contributed by atoms with Gasteiger partial charge in [0, 0.05) is 13.0 Å². The zero-order valence-electron chi connectivity index (χ0n) is 9.04. The fourth-order valence-corrected chi connectivity index (χ4v) is 1.29. The van der Waals surface area contributed by atoms with Gasteiger partial charge in [0.05, 0.1) is 6.07 Å². The highest BCUT2D eigenvalue weighted by Gasteiger charge is 2.14.